The molecule has 0 saturated heterocycles. The maximum atomic E-state index is 12.0. The smallest absolute Gasteiger partial charge is 0.248 e. The largest absolute Gasteiger partial charge is 0.366 e. The van der Waals surface area contributed by atoms with Gasteiger partial charge in [-0.15, -0.1) is 0 Å². The highest BCUT2D eigenvalue weighted by Crippen LogP contribution is 2.08. The lowest BCUT2D eigenvalue weighted by Gasteiger charge is -2.21. The van der Waals surface area contributed by atoms with Crippen LogP contribution in [0.2, 0.25) is 0 Å². The Bertz CT molecular complexity index is 462. The van der Waals surface area contributed by atoms with Gasteiger partial charge in [-0.1, -0.05) is 12.1 Å². The SMILES string of the molecule is CSCC[C@H](N)C(=O)N(C)Cc1ccc(C(N)=O)cc1. The first kappa shape index (κ1) is 16.5. The number of hydrogen-bond acceptors (Lipinski definition) is 4. The van der Waals surface area contributed by atoms with Crippen molar-refractivity contribution in [2.45, 2.75) is 19.0 Å². The van der Waals surface area contributed by atoms with E-state index in [1.807, 2.05) is 6.26 Å². The molecule has 20 heavy (non-hydrogen) atoms. The summed E-state index contributed by atoms with van der Waals surface area (Å²) >= 11 is 1.67. The minimum atomic E-state index is -0.461. The van der Waals surface area contributed by atoms with Crippen LogP contribution >= 0.6 is 11.8 Å². The van der Waals surface area contributed by atoms with Gasteiger partial charge in [0.25, 0.3) is 0 Å². The van der Waals surface area contributed by atoms with Crippen LogP contribution in [0.1, 0.15) is 22.3 Å². The summed E-state index contributed by atoms with van der Waals surface area (Å²) in [5.74, 6) is 0.340. The lowest BCUT2D eigenvalue weighted by atomic mass is 10.1. The molecule has 4 N–H and O–H groups in total. The van der Waals surface area contributed by atoms with Crippen molar-refractivity contribution in [1.29, 1.82) is 0 Å². The van der Waals surface area contributed by atoms with Crippen molar-refractivity contribution in [3.63, 3.8) is 0 Å². The van der Waals surface area contributed by atoms with Crippen LogP contribution in [0.4, 0.5) is 0 Å². The van der Waals surface area contributed by atoms with Gasteiger partial charge in [-0.05, 0) is 36.1 Å². The number of thioether (sulfide) groups is 1. The zero-order chi connectivity index (χ0) is 15.1. The molecule has 0 aliphatic carbocycles. The zero-order valence-corrected chi connectivity index (χ0v) is 12.7. The van der Waals surface area contributed by atoms with Gasteiger partial charge in [-0.3, -0.25) is 9.59 Å². The molecule has 0 aliphatic rings. The Morgan fingerprint density at radius 2 is 1.90 bits per heavy atom. The molecule has 0 radical (unpaired) electrons. The van der Waals surface area contributed by atoms with Gasteiger partial charge in [-0.25, -0.2) is 0 Å². The molecule has 110 valence electrons. The van der Waals surface area contributed by atoms with Crippen LogP contribution in [-0.4, -0.2) is 41.8 Å². The Balaban J connectivity index is 2.58. The highest BCUT2D eigenvalue weighted by atomic mass is 32.2. The summed E-state index contributed by atoms with van der Waals surface area (Å²) in [4.78, 5) is 24.6. The van der Waals surface area contributed by atoms with E-state index in [2.05, 4.69) is 0 Å². The number of rotatable bonds is 7. The lowest BCUT2D eigenvalue weighted by molar-refractivity contribution is -0.131. The number of nitrogens with two attached hydrogens (primary N) is 2. The summed E-state index contributed by atoms with van der Waals surface area (Å²) < 4.78 is 0. The third kappa shape index (κ3) is 4.86. The molecule has 0 unspecified atom stereocenters. The lowest BCUT2D eigenvalue weighted by Crippen LogP contribution is -2.41. The molecular formula is C14H21N3O2S. The molecule has 5 nitrogen and oxygen atoms in total. The van der Waals surface area contributed by atoms with Crippen molar-refractivity contribution in [2.24, 2.45) is 11.5 Å². The van der Waals surface area contributed by atoms with Crippen LogP contribution in [-0.2, 0) is 11.3 Å². The van der Waals surface area contributed by atoms with Gasteiger partial charge in [0.1, 0.15) is 0 Å². The van der Waals surface area contributed by atoms with Gasteiger partial charge >= 0.3 is 0 Å². The second-order valence-corrected chi connectivity index (χ2v) is 5.63. The predicted molar refractivity (Wildman–Crippen MR) is 82.4 cm³/mol. The van der Waals surface area contributed by atoms with E-state index in [-0.39, 0.29) is 5.91 Å². The van der Waals surface area contributed by atoms with E-state index >= 15 is 0 Å². The van der Waals surface area contributed by atoms with Crippen molar-refractivity contribution in [3.8, 4) is 0 Å². The molecule has 0 bridgehead atoms. The van der Waals surface area contributed by atoms with E-state index in [1.54, 1.807) is 48.0 Å². The average molecular weight is 295 g/mol. The molecule has 0 aromatic heterocycles. The van der Waals surface area contributed by atoms with Crippen molar-refractivity contribution < 1.29 is 9.59 Å². The summed E-state index contributed by atoms with van der Waals surface area (Å²) in [6, 6.07) is 6.43. The van der Waals surface area contributed by atoms with Gasteiger partial charge < -0.3 is 16.4 Å². The molecule has 6 heteroatoms. The second-order valence-electron chi connectivity index (χ2n) is 4.64. The van der Waals surface area contributed by atoms with E-state index in [0.717, 1.165) is 11.3 Å². The highest BCUT2D eigenvalue weighted by molar-refractivity contribution is 7.98. The summed E-state index contributed by atoms with van der Waals surface area (Å²) in [7, 11) is 1.73. The monoisotopic (exact) mass is 295 g/mol. The maximum absolute atomic E-state index is 12.0. The van der Waals surface area contributed by atoms with Crippen molar-refractivity contribution in [1.82, 2.24) is 4.90 Å². The molecule has 1 aromatic carbocycles. The van der Waals surface area contributed by atoms with Crippen LogP contribution in [0.15, 0.2) is 24.3 Å². The third-order valence-electron chi connectivity index (χ3n) is 2.98. The fourth-order valence-electron chi connectivity index (χ4n) is 1.78. The number of hydrogen-bond donors (Lipinski definition) is 2. The van der Waals surface area contributed by atoms with Gasteiger partial charge in [0.15, 0.2) is 0 Å². The first-order valence-electron chi connectivity index (χ1n) is 6.34. The second kappa shape index (κ2) is 7.91. The van der Waals surface area contributed by atoms with Crippen LogP contribution in [0.3, 0.4) is 0 Å². The van der Waals surface area contributed by atoms with Crippen LogP contribution in [0.25, 0.3) is 0 Å². The molecular weight excluding hydrogens is 274 g/mol. The Morgan fingerprint density at radius 3 is 2.40 bits per heavy atom. The van der Waals surface area contributed by atoms with E-state index in [4.69, 9.17) is 11.5 Å². The number of primary amides is 1. The quantitative estimate of drug-likeness (QED) is 0.779. The first-order valence-corrected chi connectivity index (χ1v) is 7.73. The van der Waals surface area contributed by atoms with Gasteiger partial charge in [-0.2, -0.15) is 11.8 Å². The molecule has 0 fully saturated rings. The number of amides is 2. The van der Waals surface area contributed by atoms with Crippen molar-refractivity contribution in [3.05, 3.63) is 35.4 Å². The zero-order valence-electron chi connectivity index (χ0n) is 11.8. The van der Waals surface area contributed by atoms with E-state index in [9.17, 15) is 9.59 Å². The van der Waals surface area contributed by atoms with Gasteiger partial charge in [0.2, 0.25) is 11.8 Å². The summed E-state index contributed by atoms with van der Waals surface area (Å²) in [6.07, 6.45) is 2.66. The van der Waals surface area contributed by atoms with Crippen LogP contribution in [0.5, 0.6) is 0 Å². The van der Waals surface area contributed by atoms with Crippen molar-refractivity contribution >= 4 is 23.6 Å². The summed E-state index contributed by atoms with van der Waals surface area (Å²) in [6.45, 7) is 0.463. The molecule has 0 saturated carbocycles. The van der Waals surface area contributed by atoms with Crippen LogP contribution < -0.4 is 11.5 Å². The Kier molecular flexibility index (Phi) is 6.54. The number of benzene rings is 1. The Hall–Kier alpha value is -1.53. The van der Waals surface area contributed by atoms with E-state index in [1.165, 1.54) is 0 Å². The number of nitrogens with zero attached hydrogens (tertiary/aromatic N) is 1. The van der Waals surface area contributed by atoms with Crippen molar-refractivity contribution in [2.75, 3.05) is 19.1 Å². The third-order valence-corrected chi connectivity index (χ3v) is 3.63. The Labute approximate surface area is 123 Å². The number of carbonyl (C=O) groups excluding carboxylic acids is 2. The van der Waals surface area contributed by atoms with Gasteiger partial charge in [0, 0.05) is 19.2 Å². The predicted octanol–water partition coefficient (Wildman–Crippen LogP) is 0.824. The van der Waals surface area contributed by atoms with Crippen LogP contribution in [0, 0.1) is 0 Å². The molecule has 0 aliphatic heterocycles. The highest BCUT2D eigenvalue weighted by Gasteiger charge is 2.17. The molecule has 0 heterocycles. The molecule has 1 atom stereocenters. The standard InChI is InChI=1S/C14H21N3O2S/c1-17(14(19)12(15)7-8-20-2)9-10-3-5-11(6-4-10)13(16)18/h3-6,12H,7-9,15H2,1-2H3,(H2,16,18)/t12-/m0/s1. The average Bonchev–Trinajstić information content (AvgIpc) is 2.44. The minimum absolute atomic E-state index is 0.0713. The summed E-state index contributed by atoms with van der Waals surface area (Å²) in [5, 5.41) is 0. The maximum Gasteiger partial charge on any atom is 0.248 e. The van der Waals surface area contributed by atoms with Gasteiger partial charge in [0.05, 0.1) is 6.04 Å². The van der Waals surface area contributed by atoms with E-state index in [0.29, 0.717) is 18.5 Å². The fourth-order valence-corrected chi connectivity index (χ4v) is 2.27. The first-order chi connectivity index (χ1) is 9.45. The molecule has 0 spiro atoms. The molecule has 1 rings (SSSR count). The fraction of sp³-hybridized carbons (Fsp3) is 0.429. The topological polar surface area (TPSA) is 89.4 Å². The number of carbonyl (C=O) groups is 2. The Morgan fingerprint density at radius 1 is 1.30 bits per heavy atom. The minimum Gasteiger partial charge on any atom is -0.366 e. The normalized spacial score (nSPS) is 11.9. The number of likely N-dealkylation sites (N-methyl/N-ethyl adjacent to an activating group) is 1. The molecule has 1 aromatic rings. The summed E-state index contributed by atoms with van der Waals surface area (Å²) in [5.41, 5.74) is 12.4. The van der Waals surface area contributed by atoms with E-state index < -0.39 is 11.9 Å². The molecule has 2 amide bonds.